The number of halogens is 3. The predicted octanol–water partition coefficient (Wildman–Crippen LogP) is 2.80. The summed E-state index contributed by atoms with van der Waals surface area (Å²) in [5, 5.41) is 0. The summed E-state index contributed by atoms with van der Waals surface area (Å²) >= 11 is 0. The van der Waals surface area contributed by atoms with Crippen LogP contribution in [0, 0.1) is 0 Å². The average molecular weight is 296 g/mol. The standard InChI is InChI=1S/C13H11F3N4O/c14-13(15,16)8-2-1-3-10(6-8)21-11-5-4-9(7-19-11)20-12(17)18/h1-7H,(H4,17,18,20). The molecule has 0 aliphatic carbocycles. The van der Waals surface area contributed by atoms with E-state index in [4.69, 9.17) is 16.2 Å². The molecular weight excluding hydrogens is 285 g/mol. The molecule has 0 radical (unpaired) electrons. The van der Waals surface area contributed by atoms with Gasteiger partial charge in [-0.3, -0.25) is 0 Å². The van der Waals surface area contributed by atoms with E-state index in [1.54, 1.807) is 0 Å². The Balaban J connectivity index is 2.17. The fraction of sp³-hybridized carbons (Fsp3) is 0.0769. The van der Waals surface area contributed by atoms with Gasteiger partial charge < -0.3 is 16.2 Å². The first kappa shape index (κ1) is 14.6. The molecule has 1 aromatic heterocycles. The third-order valence-electron chi connectivity index (χ3n) is 2.36. The molecule has 0 saturated carbocycles. The maximum absolute atomic E-state index is 12.6. The van der Waals surface area contributed by atoms with E-state index in [1.807, 2.05) is 0 Å². The zero-order chi connectivity index (χ0) is 15.5. The van der Waals surface area contributed by atoms with E-state index in [0.717, 1.165) is 12.1 Å². The van der Waals surface area contributed by atoms with Crippen LogP contribution in [0.2, 0.25) is 0 Å². The summed E-state index contributed by atoms with van der Waals surface area (Å²) in [6, 6.07) is 7.48. The van der Waals surface area contributed by atoms with Crippen molar-refractivity contribution in [2.24, 2.45) is 16.5 Å². The van der Waals surface area contributed by atoms with Crippen LogP contribution in [0.15, 0.2) is 47.6 Å². The molecule has 0 spiro atoms. The highest BCUT2D eigenvalue weighted by molar-refractivity contribution is 5.78. The van der Waals surface area contributed by atoms with E-state index >= 15 is 0 Å². The number of alkyl halides is 3. The second-order valence-electron chi connectivity index (χ2n) is 4.02. The summed E-state index contributed by atoms with van der Waals surface area (Å²) in [5.74, 6) is 0.0409. The Morgan fingerprint density at radius 2 is 1.90 bits per heavy atom. The van der Waals surface area contributed by atoms with Crippen LogP contribution in [0.4, 0.5) is 18.9 Å². The quantitative estimate of drug-likeness (QED) is 0.673. The van der Waals surface area contributed by atoms with E-state index in [0.29, 0.717) is 5.69 Å². The number of pyridine rings is 1. The van der Waals surface area contributed by atoms with Gasteiger partial charge in [-0.25, -0.2) is 9.98 Å². The van der Waals surface area contributed by atoms with E-state index < -0.39 is 11.7 Å². The number of nitrogens with two attached hydrogens (primary N) is 2. The largest absolute Gasteiger partial charge is 0.439 e. The van der Waals surface area contributed by atoms with Gasteiger partial charge in [0.1, 0.15) is 5.75 Å². The molecule has 5 nitrogen and oxygen atoms in total. The summed E-state index contributed by atoms with van der Waals surface area (Å²) in [6.07, 6.45) is -3.09. The van der Waals surface area contributed by atoms with Crippen molar-refractivity contribution in [3.63, 3.8) is 0 Å². The highest BCUT2D eigenvalue weighted by atomic mass is 19.4. The highest BCUT2D eigenvalue weighted by Crippen LogP contribution is 2.32. The van der Waals surface area contributed by atoms with Crippen LogP contribution >= 0.6 is 0 Å². The lowest BCUT2D eigenvalue weighted by Gasteiger charge is -2.09. The fourth-order valence-electron chi connectivity index (χ4n) is 1.50. The van der Waals surface area contributed by atoms with Crippen LogP contribution < -0.4 is 16.2 Å². The molecule has 0 unspecified atom stereocenters. The van der Waals surface area contributed by atoms with Gasteiger partial charge in [0.05, 0.1) is 17.4 Å². The number of rotatable bonds is 3. The van der Waals surface area contributed by atoms with Crippen molar-refractivity contribution in [3.05, 3.63) is 48.2 Å². The Morgan fingerprint density at radius 1 is 1.14 bits per heavy atom. The maximum atomic E-state index is 12.6. The normalized spacial score (nSPS) is 11.0. The predicted molar refractivity (Wildman–Crippen MR) is 71.2 cm³/mol. The molecule has 0 amide bonds. The number of guanidine groups is 1. The van der Waals surface area contributed by atoms with E-state index in [1.165, 1.54) is 30.5 Å². The lowest BCUT2D eigenvalue weighted by molar-refractivity contribution is -0.137. The second kappa shape index (κ2) is 5.70. The minimum absolute atomic E-state index is 0.0342. The van der Waals surface area contributed by atoms with Crippen molar-refractivity contribution >= 4 is 11.6 Å². The molecule has 21 heavy (non-hydrogen) atoms. The first-order valence-corrected chi connectivity index (χ1v) is 5.75. The lowest BCUT2D eigenvalue weighted by atomic mass is 10.2. The number of nitrogens with zero attached hydrogens (tertiary/aromatic N) is 2. The monoisotopic (exact) mass is 296 g/mol. The van der Waals surface area contributed by atoms with Crippen LogP contribution in [0.25, 0.3) is 0 Å². The van der Waals surface area contributed by atoms with Crippen molar-refractivity contribution in [2.45, 2.75) is 6.18 Å². The summed E-state index contributed by atoms with van der Waals surface area (Å²) in [4.78, 5) is 7.66. The summed E-state index contributed by atoms with van der Waals surface area (Å²) < 4.78 is 43.0. The molecule has 1 aromatic carbocycles. The number of hydrogen-bond donors (Lipinski definition) is 2. The van der Waals surface area contributed by atoms with Crippen LogP contribution in [-0.2, 0) is 6.18 Å². The molecular formula is C13H11F3N4O. The third kappa shape index (κ3) is 4.10. The minimum Gasteiger partial charge on any atom is -0.439 e. The summed E-state index contributed by atoms with van der Waals surface area (Å²) in [5.41, 5.74) is 10.0. The zero-order valence-corrected chi connectivity index (χ0v) is 10.6. The Hall–Kier alpha value is -2.77. The number of ether oxygens (including phenoxy) is 1. The van der Waals surface area contributed by atoms with Crippen molar-refractivity contribution < 1.29 is 17.9 Å². The maximum Gasteiger partial charge on any atom is 0.416 e. The number of benzene rings is 1. The fourth-order valence-corrected chi connectivity index (χ4v) is 1.50. The van der Waals surface area contributed by atoms with Gasteiger partial charge in [0.25, 0.3) is 0 Å². The Kier molecular flexibility index (Phi) is 3.97. The van der Waals surface area contributed by atoms with Crippen LogP contribution in [0.5, 0.6) is 11.6 Å². The summed E-state index contributed by atoms with van der Waals surface area (Å²) in [6.45, 7) is 0. The number of hydrogen-bond acceptors (Lipinski definition) is 3. The van der Waals surface area contributed by atoms with E-state index in [2.05, 4.69) is 9.98 Å². The molecule has 0 atom stereocenters. The van der Waals surface area contributed by atoms with Gasteiger partial charge in [0, 0.05) is 6.07 Å². The molecule has 110 valence electrons. The molecule has 2 aromatic rings. The van der Waals surface area contributed by atoms with Crippen LogP contribution in [0.3, 0.4) is 0 Å². The molecule has 0 bridgehead atoms. The molecule has 0 aliphatic rings. The first-order valence-electron chi connectivity index (χ1n) is 5.75. The van der Waals surface area contributed by atoms with E-state index in [9.17, 15) is 13.2 Å². The molecule has 4 N–H and O–H groups in total. The van der Waals surface area contributed by atoms with Gasteiger partial charge in [0.2, 0.25) is 5.88 Å². The van der Waals surface area contributed by atoms with Crippen molar-refractivity contribution in [1.82, 2.24) is 4.98 Å². The Bertz CT molecular complexity index is 649. The SMILES string of the molecule is NC(N)=Nc1ccc(Oc2cccc(C(F)(F)F)c2)nc1. The van der Waals surface area contributed by atoms with Crippen molar-refractivity contribution in [1.29, 1.82) is 0 Å². The second-order valence-corrected chi connectivity index (χ2v) is 4.02. The average Bonchev–Trinajstić information content (AvgIpc) is 2.40. The zero-order valence-electron chi connectivity index (χ0n) is 10.6. The van der Waals surface area contributed by atoms with Gasteiger partial charge in [-0.2, -0.15) is 13.2 Å². The first-order chi connectivity index (χ1) is 9.84. The summed E-state index contributed by atoms with van der Waals surface area (Å²) in [7, 11) is 0. The number of aliphatic imine (C=N–C) groups is 1. The Morgan fingerprint density at radius 3 is 2.48 bits per heavy atom. The van der Waals surface area contributed by atoms with Crippen molar-refractivity contribution in [2.75, 3.05) is 0 Å². The lowest BCUT2D eigenvalue weighted by Crippen LogP contribution is -2.21. The minimum atomic E-state index is -4.43. The van der Waals surface area contributed by atoms with Crippen LogP contribution in [0.1, 0.15) is 5.56 Å². The molecule has 0 fully saturated rings. The third-order valence-corrected chi connectivity index (χ3v) is 2.36. The van der Waals surface area contributed by atoms with Gasteiger partial charge in [-0.05, 0) is 24.3 Å². The van der Waals surface area contributed by atoms with Gasteiger partial charge in [-0.1, -0.05) is 6.07 Å². The van der Waals surface area contributed by atoms with E-state index in [-0.39, 0.29) is 17.6 Å². The molecule has 0 saturated heterocycles. The topological polar surface area (TPSA) is 86.5 Å². The van der Waals surface area contributed by atoms with Gasteiger partial charge in [-0.15, -0.1) is 0 Å². The van der Waals surface area contributed by atoms with Gasteiger partial charge >= 0.3 is 6.18 Å². The van der Waals surface area contributed by atoms with Crippen LogP contribution in [-0.4, -0.2) is 10.9 Å². The molecule has 8 heteroatoms. The van der Waals surface area contributed by atoms with Gasteiger partial charge in [0.15, 0.2) is 5.96 Å². The smallest absolute Gasteiger partial charge is 0.416 e. The number of aromatic nitrogens is 1. The molecule has 0 aliphatic heterocycles. The molecule has 1 heterocycles. The molecule has 2 rings (SSSR count). The van der Waals surface area contributed by atoms with Crippen molar-refractivity contribution in [3.8, 4) is 11.6 Å². The highest BCUT2D eigenvalue weighted by Gasteiger charge is 2.30. The Labute approximate surface area is 118 Å².